The average molecular weight is 150 g/mol. The third-order valence-electron chi connectivity index (χ3n) is 1.43. The van der Waals surface area contributed by atoms with Crippen LogP contribution in [0.15, 0.2) is 23.4 Å². The molecule has 0 saturated heterocycles. The Kier molecular flexibility index (Phi) is 4.05. The third kappa shape index (κ3) is 4.21. The topological polar surface area (TPSA) is 27.0 Å². The summed E-state index contributed by atoms with van der Waals surface area (Å²) in [6, 6.07) is 1.99. The molecule has 0 aromatic rings. The predicted octanol–water partition coefficient (Wildman–Crippen LogP) is 1.92. The molecule has 0 aromatic carbocycles. The molecule has 0 bridgehead atoms. The van der Waals surface area contributed by atoms with Crippen molar-refractivity contribution in [1.29, 1.82) is 5.26 Å². The van der Waals surface area contributed by atoms with Gasteiger partial charge in [-0.1, -0.05) is 0 Å². The van der Waals surface area contributed by atoms with Gasteiger partial charge in [-0.15, -0.1) is 0 Å². The van der Waals surface area contributed by atoms with Crippen molar-refractivity contribution in [2.24, 2.45) is 0 Å². The molecule has 2 heteroatoms. The summed E-state index contributed by atoms with van der Waals surface area (Å²) in [5, 5.41) is 8.32. The number of nitrogens with zero attached hydrogens (tertiary/aromatic N) is 2. The van der Waals surface area contributed by atoms with E-state index >= 15 is 0 Å². The van der Waals surface area contributed by atoms with Gasteiger partial charge in [0.05, 0.1) is 6.07 Å². The Labute approximate surface area is 68.4 Å². The smallest absolute Gasteiger partial charge is 0.0914 e. The highest BCUT2D eigenvalue weighted by molar-refractivity contribution is 5.24. The maximum atomic E-state index is 8.32. The second kappa shape index (κ2) is 4.56. The summed E-state index contributed by atoms with van der Waals surface area (Å²) in [7, 11) is 3.96. The molecule has 0 fully saturated rings. The van der Waals surface area contributed by atoms with E-state index in [0.717, 1.165) is 11.3 Å². The fourth-order valence-corrected chi connectivity index (χ4v) is 0.602. The van der Waals surface area contributed by atoms with Crippen LogP contribution in [-0.2, 0) is 0 Å². The van der Waals surface area contributed by atoms with Gasteiger partial charge < -0.3 is 4.90 Å². The second-order valence-electron chi connectivity index (χ2n) is 2.70. The molecule has 0 saturated carbocycles. The van der Waals surface area contributed by atoms with Gasteiger partial charge in [-0.3, -0.25) is 0 Å². The van der Waals surface area contributed by atoms with Crippen molar-refractivity contribution in [1.82, 2.24) is 4.90 Å². The molecule has 0 aliphatic carbocycles. The van der Waals surface area contributed by atoms with E-state index in [2.05, 4.69) is 0 Å². The summed E-state index contributed by atoms with van der Waals surface area (Å²) in [5.41, 5.74) is 2.13. The predicted molar refractivity (Wildman–Crippen MR) is 46.8 cm³/mol. The van der Waals surface area contributed by atoms with Crippen molar-refractivity contribution in [2.45, 2.75) is 13.8 Å². The van der Waals surface area contributed by atoms with E-state index in [0.29, 0.717) is 0 Å². The van der Waals surface area contributed by atoms with Gasteiger partial charge >= 0.3 is 0 Å². The Morgan fingerprint density at radius 3 is 2.27 bits per heavy atom. The Morgan fingerprint density at radius 1 is 1.36 bits per heavy atom. The lowest BCUT2D eigenvalue weighted by Crippen LogP contribution is -2.07. The molecule has 0 atom stereocenters. The molecule has 60 valence electrons. The van der Waals surface area contributed by atoms with Gasteiger partial charge in [-0.05, 0) is 25.5 Å². The lowest BCUT2D eigenvalue weighted by Gasteiger charge is -2.11. The summed E-state index contributed by atoms with van der Waals surface area (Å²) < 4.78 is 0. The molecule has 0 radical (unpaired) electrons. The van der Waals surface area contributed by atoms with E-state index in [-0.39, 0.29) is 0 Å². The Morgan fingerprint density at radius 2 is 1.91 bits per heavy atom. The molecular weight excluding hydrogens is 136 g/mol. The molecule has 0 N–H and O–H groups in total. The lowest BCUT2D eigenvalue weighted by molar-refractivity contribution is 0.513. The SMILES string of the molecule is CC(=CC#N)C=C(C)N(C)C. The zero-order chi connectivity index (χ0) is 8.85. The van der Waals surface area contributed by atoms with Crippen LogP contribution in [0.1, 0.15) is 13.8 Å². The van der Waals surface area contributed by atoms with Crippen molar-refractivity contribution < 1.29 is 0 Å². The van der Waals surface area contributed by atoms with Crippen molar-refractivity contribution in [3.05, 3.63) is 23.4 Å². The van der Waals surface area contributed by atoms with Crippen molar-refractivity contribution >= 4 is 0 Å². The summed E-state index contributed by atoms with van der Waals surface area (Å²) in [5.74, 6) is 0. The van der Waals surface area contributed by atoms with Crippen LogP contribution >= 0.6 is 0 Å². The standard InChI is InChI=1S/C9H14N2/c1-8(5-6-10)7-9(2)11(3)4/h5,7H,1-4H3. The fraction of sp³-hybridized carbons (Fsp3) is 0.444. The minimum absolute atomic E-state index is 0.985. The van der Waals surface area contributed by atoms with Gasteiger partial charge in [0.2, 0.25) is 0 Å². The van der Waals surface area contributed by atoms with Gasteiger partial charge in [0.15, 0.2) is 0 Å². The molecule has 0 heterocycles. The zero-order valence-corrected chi connectivity index (χ0v) is 7.55. The zero-order valence-electron chi connectivity index (χ0n) is 7.55. The van der Waals surface area contributed by atoms with E-state index in [1.54, 1.807) is 0 Å². The minimum atomic E-state index is 0.985. The molecule has 0 aromatic heterocycles. The average Bonchev–Trinajstić information content (AvgIpc) is 1.87. The fourth-order valence-electron chi connectivity index (χ4n) is 0.602. The quantitative estimate of drug-likeness (QED) is 0.444. The highest BCUT2D eigenvalue weighted by atomic mass is 15.1. The van der Waals surface area contributed by atoms with Gasteiger partial charge in [0.25, 0.3) is 0 Å². The van der Waals surface area contributed by atoms with Gasteiger partial charge in [-0.25, -0.2) is 0 Å². The first-order valence-corrected chi connectivity index (χ1v) is 3.50. The normalized spacial score (nSPS) is 12.6. The van der Waals surface area contributed by atoms with Crippen LogP contribution < -0.4 is 0 Å². The highest BCUT2D eigenvalue weighted by Crippen LogP contribution is 2.02. The molecule has 0 aliphatic heterocycles. The summed E-state index contributed by atoms with van der Waals surface area (Å²) >= 11 is 0. The van der Waals surface area contributed by atoms with Crippen LogP contribution in [0, 0.1) is 11.3 Å². The molecule has 0 amide bonds. The molecule has 0 spiro atoms. The third-order valence-corrected chi connectivity index (χ3v) is 1.43. The maximum Gasteiger partial charge on any atom is 0.0914 e. The number of rotatable bonds is 2. The van der Waals surface area contributed by atoms with Gasteiger partial charge in [0.1, 0.15) is 0 Å². The van der Waals surface area contributed by atoms with Gasteiger partial charge in [-0.2, -0.15) is 5.26 Å². The molecular formula is C9H14N2. The molecule has 2 nitrogen and oxygen atoms in total. The molecule has 0 aliphatic rings. The first-order valence-electron chi connectivity index (χ1n) is 3.50. The Hall–Kier alpha value is -1.23. The van der Waals surface area contributed by atoms with Crippen LogP contribution in [-0.4, -0.2) is 19.0 Å². The first kappa shape index (κ1) is 9.77. The lowest BCUT2D eigenvalue weighted by atomic mass is 10.2. The maximum absolute atomic E-state index is 8.32. The van der Waals surface area contributed by atoms with E-state index in [9.17, 15) is 0 Å². The van der Waals surface area contributed by atoms with Gasteiger partial charge in [0, 0.05) is 25.9 Å². The van der Waals surface area contributed by atoms with E-state index < -0.39 is 0 Å². The minimum Gasteiger partial charge on any atom is -0.381 e. The van der Waals surface area contributed by atoms with Crippen LogP contribution in [0.25, 0.3) is 0 Å². The van der Waals surface area contributed by atoms with E-state index in [4.69, 9.17) is 5.26 Å². The van der Waals surface area contributed by atoms with Crippen LogP contribution in [0.5, 0.6) is 0 Å². The number of allylic oxidation sites excluding steroid dienone is 4. The molecule has 11 heavy (non-hydrogen) atoms. The van der Waals surface area contributed by atoms with Crippen LogP contribution in [0.2, 0.25) is 0 Å². The largest absolute Gasteiger partial charge is 0.381 e. The second-order valence-corrected chi connectivity index (χ2v) is 2.70. The van der Waals surface area contributed by atoms with E-state index in [1.165, 1.54) is 6.08 Å². The van der Waals surface area contributed by atoms with Crippen molar-refractivity contribution in [3.63, 3.8) is 0 Å². The summed E-state index contributed by atoms with van der Waals surface area (Å²) in [6.07, 6.45) is 3.51. The van der Waals surface area contributed by atoms with Crippen LogP contribution in [0.4, 0.5) is 0 Å². The Bertz CT molecular complexity index is 216. The van der Waals surface area contributed by atoms with Crippen LogP contribution in [0.3, 0.4) is 0 Å². The Balaban J connectivity index is 4.34. The number of nitriles is 1. The summed E-state index contributed by atoms with van der Waals surface area (Å²) in [6.45, 7) is 3.92. The first-order chi connectivity index (χ1) is 5.07. The van der Waals surface area contributed by atoms with Crippen molar-refractivity contribution in [3.8, 4) is 6.07 Å². The monoisotopic (exact) mass is 150 g/mol. The summed E-state index contributed by atoms with van der Waals surface area (Å²) in [4.78, 5) is 2.01. The van der Waals surface area contributed by atoms with E-state index in [1.807, 2.05) is 45.0 Å². The molecule has 0 unspecified atom stereocenters. The number of hydrogen-bond donors (Lipinski definition) is 0. The number of hydrogen-bond acceptors (Lipinski definition) is 2. The van der Waals surface area contributed by atoms with Crippen molar-refractivity contribution in [2.75, 3.05) is 14.1 Å². The highest BCUT2D eigenvalue weighted by Gasteiger charge is 1.90. The molecule has 0 rings (SSSR count).